The SMILES string of the molecule is Cc1ccc(-c2nc3ccc(C)cn3c2C(=O)C(N)=O)cc1. The minimum absolute atomic E-state index is 0.204. The number of carbonyl (C=O) groups is 2. The van der Waals surface area contributed by atoms with Gasteiger partial charge in [-0.2, -0.15) is 0 Å². The van der Waals surface area contributed by atoms with E-state index in [1.54, 1.807) is 10.6 Å². The van der Waals surface area contributed by atoms with E-state index in [1.165, 1.54) is 0 Å². The summed E-state index contributed by atoms with van der Waals surface area (Å²) in [5, 5.41) is 0. The molecule has 0 unspecified atom stereocenters. The van der Waals surface area contributed by atoms with Gasteiger partial charge in [0.15, 0.2) is 0 Å². The fraction of sp³-hybridized carbons (Fsp3) is 0.118. The number of primary amides is 1. The van der Waals surface area contributed by atoms with Gasteiger partial charge in [0.2, 0.25) is 0 Å². The van der Waals surface area contributed by atoms with E-state index < -0.39 is 11.7 Å². The number of carbonyl (C=O) groups excluding carboxylic acids is 2. The number of nitrogens with zero attached hydrogens (tertiary/aromatic N) is 2. The smallest absolute Gasteiger partial charge is 0.291 e. The van der Waals surface area contributed by atoms with Crippen LogP contribution in [0.4, 0.5) is 0 Å². The summed E-state index contributed by atoms with van der Waals surface area (Å²) >= 11 is 0. The molecule has 0 atom stereocenters. The average molecular weight is 293 g/mol. The molecule has 2 N–H and O–H groups in total. The third kappa shape index (κ3) is 2.26. The Labute approximate surface area is 127 Å². The highest BCUT2D eigenvalue weighted by Gasteiger charge is 2.24. The van der Waals surface area contributed by atoms with E-state index in [1.807, 2.05) is 50.2 Å². The van der Waals surface area contributed by atoms with Crippen LogP contribution in [0.5, 0.6) is 0 Å². The van der Waals surface area contributed by atoms with Crippen molar-refractivity contribution in [2.24, 2.45) is 5.73 Å². The number of Topliss-reactive ketones (excluding diaryl/α,β-unsaturated/α-hetero) is 1. The van der Waals surface area contributed by atoms with Crippen LogP contribution in [0, 0.1) is 13.8 Å². The number of aryl methyl sites for hydroxylation is 2. The van der Waals surface area contributed by atoms with Gasteiger partial charge in [0.05, 0.1) is 0 Å². The molecule has 1 aromatic carbocycles. The van der Waals surface area contributed by atoms with Crippen molar-refractivity contribution in [2.75, 3.05) is 0 Å². The van der Waals surface area contributed by atoms with Crippen molar-refractivity contribution in [3.05, 3.63) is 59.4 Å². The molecule has 0 aliphatic heterocycles. The summed E-state index contributed by atoms with van der Waals surface area (Å²) in [6.45, 7) is 3.88. The number of aromatic nitrogens is 2. The van der Waals surface area contributed by atoms with Gasteiger partial charge >= 0.3 is 0 Å². The Morgan fingerprint density at radius 3 is 2.27 bits per heavy atom. The van der Waals surface area contributed by atoms with Gasteiger partial charge in [-0.3, -0.25) is 14.0 Å². The number of pyridine rings is 1. The molecule has 5 nitrogen and oxygen atoms in total. The third-order valence-corrected chi connectivity index (χ3v) is 3.53. The molecular formula is C17H15N3O2. The van der Waals surface area contributed by atoms with Crippen molar-refractivity contribution < 1.29 is 9.59 Å². The van der Waals surface area contributed by atoms with E-state index in [9.17, 15) is 9.59 Å². The molecule has 1 amide bonds. The van der Waals surface area contributed by atoms with E-state index in [-0.39, 0.29) is 5.69 Å². The summed E-state index contributed by atoms with van der Waals surface area (Å²) in [5.41, 5.74) is 9.31. The standard InChI is InChI=1S/C17H15N3O2/c1-10-3-6-12(7-4-10)14-15(16(21)17(18)22)20-9-11(2)5-8-13(20)19-14/h3-9H,1-2H3,(H2,18,22). The molecule has 0 saturated heterocycles. The molecule has 0 spiro atoms. The molecule has 2 aromatic heterocycles. The predicted molar refractivity (Wildman–Crippen MR) is 83.6 cm³/mol. The van der Waals surface area contributed by atoms with Gasteiger partial charge in [-0.05, 0) is 25.5 Å². The maximum absolute atomic E-state index is 12.3. The number of fused-ring (bicyclic) bond motifs is 1. The first-order valence-corrected chi connectivity index (χ1v) is 6.87. The zero-order chi connectivity index (χ0) is 15.9. The van der Waals surface area contributed by atoms with E-state index in [0.717, 1.165) is 16.7 Å². The summed E-state index contributed by atoms with van der Waals surface area (Å²) in [7, 11) is 0. The third-order valence-electron chi connectivity index (χ3n) is 3.53. The van der Waals surface area contributed by atoms with Crippen LogP contribution in [0.25, 0.3) is 16.9 Å². The number of imidazole rings is 1. The summed E-state index contributed by atoms with van der Waals surface area (Å²) in [4.78, 5) is 28.1. The van der Waals surface area contributed by atoms with Crippen LogP contribution in [-0.2, 0) is 4.79 Å². The Morgan fingerprint density at radius 2 is 1.64 bits per heavy atom. The second kappa shape index (κ2) is 5.11. The number of ketones is 1. The first kappa shape index (κ1) is 14.0. The quantitative estimate of drug-likeness (QED) is 0.594. The van der Waals surface area contributed by atoms with Gasteiger partial charge in [0, 0.05) is 11.8 Å². The monoisotopic (exact) mass is 293 g/mol. The van der Waals surface area contributed by atoms with Crippen LogP contribution in [0.2, 0.25) is 0 Å². The zero-order valence-electron chi connectivity index (χ0n) is 12.3. The maximum atomic E-state index is 12.3. The normalized spacial score (nSPS) is 10.8. The van der Waals surface area contributed by atoms with Gasteiger partial charge in [-0.15, -0.1) is 0 Å². The second-order valence-corrected chi connectivity index (χ2v) is 5.30. The number of hydrogen-bond acceptors (Lipinski definition) is 3. The highest BCUT2D eigenvalue weighted by atomic mass is 16.2. The minimum atomic E-state index is -0.989. The number of hydrogen-bond donors (Lipinski definition) is 1. The molecule has 22 heavy (non-hydrogen) atoms. The van der Waals surface area contributed by atoms with Crippen molar-refractivity contribution in [1.82, 2.24) is 9.38 Å². The molecule has 110 valence electrons. The van der Waals surface area contributed by atoms with Gasteiger partial charge in [-0.25, -0.2) is 4.98 Å². The highest BCUT2D eigenvalue weighted by Crippen LogP contribution is 2.25. The minimum Gasteiger partial charge on any atom is -0.363 e. The topological polar surface area (TPSA) is 77.5 Å². The van der Waals surface area contributed by atoms with Crippen LogP contribution in [0.15, 0.2) is 42.6 Å². The van der Waals surface area contributed by atoms with E-state index in [0.29, 0.717) is 11.3 Å². The van der Waals surface area contributed by atoms with Gasteiger partial charge in [0.1, 0.15) is 17.0 Å². The maximum Gasteiger partial charge on any atom is 0.291 e. The molecule has 0 radical (unpaired) electrons. The Morgan fingerprint density at radius 1 is 1.00 bits per heavy atom. The predicted octanol–water partition coefficient (Wildman–Crippen LogP) is 2.29. The molecule has 3 aromatic rings. The first-order valence-electron chi connectivity index (χ1n) is 6.87. The number of amides is 1. The summed E-state index contributed by atoms with van der Waals surface area (Å²) < 4.78 is 1.62. The lowest BCUT2D eigenvalue weighted by atomic mass is 10.1. The molecule has 0 saturated carbocycles. The number of nitrogens with two attached hydrogens (primary N) is 1. The van der Waals surface area contributed by atoms with Crippen LogP contribution in [0.1, 0.15) is 21.6 Å². The molecule has 0 aliphatic rings. The molecule has 5 heteroatoms. The van der Waals surface area contributed by atoms with Crippen molar-refractivity contribution in [3.8, 4) is 11.3 Å². The van der Waals surface area contributed by atoms with Crippen molar-refractivity contribution in [1.29, 1.82) is 0 Å². The van der Waals surface area contributed by atoms with E-state index in [4.69, 9.17) is 5.73 Å². The number of rotatable bonds is 3. The lowest BCUT2D eigenvalue weighted by Crippen LogP contribution is -2.25. The van der Waals surface area contributed by atoms with Crippen molar-refractivity contribution in [2.45, 2.75) is 13.8 Å². The number of benzene rings is 1. The van der Waals surface area contributed by atoms with Crippen molar-refractivity contribution >= 4 is 17.3 Å². The zero-order valence-corrected chi connectivity index (χ0v) is 12.3. The largest absolute Gasteiger partial charge is 0.363 e. The van der Waals surface area contributed by atoms with Crippen LogP contribution < -0.4 is 5.73 Å². The summed E-state index contributed by atoms with van der Waals surface area (Å²) in [5.74, 6) is -1.73. The molecule has 2 heterocycles. The highest BCUT2D eigenvalue weighted by molar-refractivity contribution is 6.43. The lowest BCUT2D eigenvalue weighted by molar-refractivity contribution is -0.114. The molecule has 3 rings (SSSR count). The van der Waals surface area contributed by atoms with Crippen LogP contribution in [-0.4, -0.2) is 21.1 Å². The van der Waals surface area contributed by atoms with Gasteiger partial charge in [0.25, 0.3) is 11.7 Å². The van der Waals surface area contributed by atoms with E-state index in [2.05, 4.69) is 4.98 Å². The fourth-order valence-corrected chi connectivity index (χ4v) is 2.40. The average Bonchev–Trinajstić information content (AvgIpc) is 2.85. The molecule has 0 aliphatic carbocycles. The lowest BCUT2D eigenvalue weighted by Gasteiger charge is -2.03. The second-order valence-electron chi connectivity index (χ2n) is 5.30. The van der Waals surface area contributed by atoms with E-state index >= 15 is 0 Å². The van der Waals surface area contributed by atoms with Gasteiger partial charge < -0.3 is 5.73 Å². The Hall–Kier alpha value is -2.95. The molecule has 0 bridgehead atoms. The molecular weight excluding hydrogens is 278 g/mol. The van der Waals surface area contributed by atoms with Crippen LogP contribution >= 0.6 is 0 Å². The summed E-state index contributed by atoms with van der Waals surface area (Å²) in [6, 6.07) is 11.3. The molecule has 0 fully saturated rings. The van der Waals surface area contributed by atoms with Crippen molar-refractivity contribution in [3.63, 3.8) is 0 Å². The first-order chi connectivity index (χ1) is 10.5. The Kier molecular flexibility index (Phi) is 3.25. The van der Waals surface area contributed by atoms with Crippen LogP contribution in [0.3, 0.4) is 0 Å². The van der Waals surface area contributed by atoms with Gasteiger partial charge in [-0.1, -0.05) is 35.9 Å². The fourth-order valence-electron chi connectivity index (χ4n) is 2.40. The Bertz CT molecular complexity index is 892. The summed E-state index contributed by atoms with van der Waals surface area (Å²) in [6.07, 6.45) is 1.77. The Balaban J connectivity index is 2.33.